The number of fused-ring (bicyclic) bond motifs is 1. The van der Waals surface area contributed by atoms with E-state index in [0.717, 1.165) is 32.9 Å². The maximum atomic E-state index is 10.8. The molecule has 4 rings (SSSR count). The number of aryl methyl sites for hydroxylation is 1. The summed E-state index contributed by atoms with van der Waals surface area (Å²) in [5.41, 5.74) is 3.71. The monoisotopic (exact) mass is 355 g/mol. The number of hydrogen-bond donors (Lipinski definition) is 1. The lowest BCUT2D eigenvalue weighted by Gasteiger charge is -2.05. The highest BCUT2D eigenvalue weighted by Crippen LogP contribution is 2.31. The van der Waals surface area contributed by atoms with E-state index in [9.17, 15) is 9.90 Å². The Morgan fingerprint density at radius 1 is 1.21 bits per heavy atom. The van der Waals surface area contributed by atoms with Gasteiger partial charge >= 0.3 is 0 Å². The molecule has 3 heterocycles. The molecule has 0 aliphatic carbocycles. The summed E-state index contributed by atoms with van der Waals surface area (Å²) in [6, 6.07) is 6.38. The van der Waals surface area contributed by atoms with E-state index in [1.165, 1.54) is 23.5 Å². The number of aromatic nitrogens is 3. The molecule has 0 aliphatic heterocycles. The van der Waals surface area contributed by atoms with Crippen LogP contribution < -0.4 is 10.4 Å². The minimum absolute atomic E-state index is 0.148. The van der Waals surface area contributed by atoms with Gasteiger partial charge in [0.05, 0.1) is 17.4 Å². The fourth-order valence-corrected chi connectivity index (χ4v) is 3.93. The number of nitrogens with zero attached hydrogens (tertiary/aromatic N) is 3. The average molecular weight is 355 g/mol. The summed E-state index contributed by atoms with van der Waals surface area (Å²) < 4.78 is 2.04. The van der Waals surface area contributed by atoms with Crippen molar-refractivity contribution in [2.75, 3.05) is 5.32 Å². The van der Waals surface area contributed by atoms with E-state index >= 15 is 0 Å². The van der Waals surface area contributed by atoms with Crippen LogP contribution in [0, 0.1) is 6.92 Å². The van der Waals surface area contributed by atoms with Crippen LogP contribution in [0.5, 0.6) is 0 Å². The van der Waals surface area contributed by atoms with Gasteiger partial charge in [-0.1, -0.05) is 12.1 Å². The van der Waals surface area contributed by atoms with Gasteiger partial charge in [-0.05, 0) is 24.6 Å². The van der Waals surface area contributed by atoms with Gasteiger partial charge in [0.15, 0.2) is 10.1 Å². The summed E-state index contributed by atoms with van der Waals surface area (Å²) in [4.78, 5) is 20.9. The van der Waals surface area contributed by atoms with Gasteiger partial charge in [-0.25, -0.2) is 9.97 Å². The fraction of sp³-hybridized carbons (Fsp3) is 0.0625. The van der Waals surface area contributed by atoms with Crippen molar-refractivity contribution in [3.8, 4) is 11.4 Å². The second-order valence-corrected chi connectivity index (χ2v) is 6.86. The SMILES string of the molecule is Cc1nc2sccn2c1-c1csc(Nc2ccc(C(=O)[O-])cc2)n1. The van der Waals surface area contributed by atoms with E-state index in [1.54, 1.807) is 23.5 Å². The third kappa shape index (κ3) is 2.55. The van der Waals surface area contributed by atoms with Gasteiger partial charge in [-0.2, -0.15) is 0 Å². The summed E-state index contributed by atoms with van der Waals surface area (Å²) >= 11 is 3.07. The number of carboxylic acid groups (broad SMARTS) is 1. The molecule has 0 spiro atoms. The van der Waals surface area contributed by atoms with Gasteiger partial charge in [0, 0.05) is 22.6 Å². The first-order valence-corrected chi connectivity index (χ1v) is 8.84. The molecule has 1 aromatic carbocycles. The summed E-state index contributed by atoms with van der Waals surface area (Å²) in [5, 5.41) is 18.7. The molecule has 0 saturated heterocycles. The van der Waals surface area contributed by atoms with Gasteiger partial charge in [0.1, 0.15) is 5.69 Å². The number of carboxylic acids is 1. The van der Waals surface area contributed by atoms with Gasteiger partial charge in [-0.15, -0.1) is 22.7 Å². The third-order valence-corrected chi connectivity index (χ3v) is 5.07. The Kier molecular flexibility index (Phi) is 3.55. The van der Waals surface area contributed by atoms with E-state index in [1.807, 2.05) is 28.3 Å². The number of carbonyl (C=O) groups excluding carboxylic acids is 1. The van der Waals surface area contributed by atoms with Crippen molar-refractivity contribution in [2.45, 2.75) is 6.92 Å². The van der Waals surface area contributed by atoms with Crippen molar-refractivity contribution in [1.29, 1.82) is 0 Å². The van der Waals surface area contributed by atoms with Crippen molar-refractivity contribution >= 4 is 44.4 Å². The highest BCUT2D eigenvalue weighted by molar-refractivity contribution is 7.15. The van der Waals surface area contributed by atoms with Crippen molar-refractivity contribution in [2.24, 2.45) is 0 Å². The fourth-order valence-electron chi connectivity index (χ4n) is 2.46. The second kappa shape index (κ2) is 5.73. The molecule has 120 valence electrons. The van der Waals surface area contributed by atoms with Gasteiger partial charge < -0.3 is 15.2 Å². The summed E-state index contributed by atoms with van der Waals surface area (Å²) in [6.07, 6.45) is 1.99. The van der Waals surface area contributed by atoms with Crippen LogP contribution in [0.25, 0.3) is 16.3 Å². The summed E-state index contributed by atoms with van der Waals surface area (Å²) in [5.74, 6) is -1.19. The van der Waals surface area contributed by atoms with E-state index in [4.69, 9.17) is 0 Å². The lowest BCUT2D eigenvalue weighted by molar-refractivity contribution is -0.255. The predicted octanol–water partition coefficient (Wildman–Crippen LogP) is 2.93. The minimum Gasteiger partial charge on any atom is -0.545 e. The number of nitrogens with one attached hydrogen (secondary N) is 1. The summed E-state index contributed by atoms with van der Waals surface area (Å²) in [7, 11) is 0. The molecule has 3 aromatic heterocycles. The van der Waals surface area contributed by atoms with Crippen molar-refractivity contribution < 1.29 is 9.90 Å². The molecule has 0 fully saturated rings. The Bertz CT molecular complexity index is 1030. The van der Waals surface area contributed by atoms with Crippen LogP contribution in [-0.4, -0.2) is 20.3 Å². The standard InChI is InChI=1S/C16H12N4O2S2/c1-9-13(20-6-7-23-16(20)17-9)12-8-24-15(19-12)18-11-4-2-10(3-5-11)14(21)22/h2-8H,1H3,(H,18,19)(H,21,22)/p-1. The lowest BCUT2D eigenvalue weighted by Crippen LogP contribution is -2.21. The number of carbonyl (C=O) groups is 1. The van der Waals surface area contributed by atoms with Crippen molar-refractivity contribution in [3.05, 3.63) is 52.5 Å². The second-order valence-electron chi connectivity index (χ2n) is 5.13. The van der Waals surface area contributed by atoms with E-state index in [2.05, 4.69) is 15.3 Å². The normalized spacial score (nSPS) is 11.0. The molecule has 0 bridgehead atoms. The Morgan fingerprint density at radius 2 is 2.00 bits per heavy atom. The smallest absolute Gasteiger partial charge is 0.194 e. The molecule has 6 nitrogen and oxygen atoms in total. The maximum absolute atomic E-state index is 10.8. The van der Waals surface area contributed by atoms with Crippen LogP contribution in [0.2, 0.25) is 0 Å². The van der Waals surface area contributed by atoms with Crippen LogP contribution in [0.1, 0.15) is 16.1 Å². The van der Waals surface area contributed by atoms with Crippen LogP contribution in [0.15, 0.2) is 41.2 Å². The zero-order valence-corrected chi connectivity index (χ0v) is 14.1. The molecule has 0 amide bonds. The summed E-state index contributed by atoms with van der Waals surface area (Å²) in [6.45, 7) is 1.97. The molecule has 0 atom stereocenters. The molecule has 0 aliphatic rings. The quantitative estimate of drug-likeness (QED) is 0.609. The van der Waals surface area contributed by atoms with Gasteiger partial charge in [-0.3, -0.25) is 4.40 Å². The third-order valence-electron chi connectivity index (χ3n) is 3.56. The number of hydrogen-bond acceptors (Lipinski definition) is 7. The minimum atomic E-state index is -1.19. The zero-order chi connectivity index (χ0) is 16.7. The first-order chi connectivity index (χ1) is 11.6. The lowest BCUT2D eigenvalue weighted by atomic mass is 10.2. The highest BCUT2D eigenvalue weighted by atomic mass is 32.1. The Morgan fingerprint density at radius 3 is 2.75 bits per heavy atom. The molecular weight excluding hydrogens is 344 g/mol. The van der Waals surface area contributed by atoms with E-state index in [0.29, 0.717) is 0 Å². The topological polar surface area (TPSA) is 82.3 Å². The number of aromatic carboxylic acids is 1. The van der Waals surface area contributed by atoms with Crippen LogP contribution in [0.4, 0.5) is 10.8 Å². The first kappa shape index (κ1) is 14.9. The maximum Gasteiger partial charge on any atom is 0.194 e. The average Bonchev–Trinajstić information content (AvgIpc) is 3.24. The molecule has 1 N–H and O–H groups in total. The van der Waals surface area contributed by atoms with E-state index < -0.39 is 5.97 Å². The van der Waals surface area contributed by atoms with Gasteiger partial charge in [0.25, 0.3) is 0 Å². The van der Waals surface area contributed by atoms with Crippen LogP contribution in [-0.2, 0) is 0 Å². The van der Waals surface area contributed by atoms with E-state index in [-0.39, 0.29) is 5.56 Å². The molecule has 0 saturated carbocycles. The molecule has 0 radical (unpaired) electrons. The number of imidazole rings is 1. The number of benzene rings is 1. The molecule has 0 unspecified atom stereocenters. The number of rotatable bonds is 4. The largest absolute Gasteiger partial charge is 0.545 e. The molecule has 8 heteroatoms. The zero-order valence-electron chi connectivity index (χ0n) is 12.5. The Hall–Kier alpha value is -2.71. The highest BCUT2D eigenvalue weighted by Gasteiger charge is 2.14. The molecular formula is C16H11N4O2S2-. The Labute approximate surface area is 145 Å². The number of anilines is 2. The van der Waals surface area contributed by atoms with Crippen LogP contribution >= 0.6 is 22.7 Å². The first-order valence-electron chi connectivity index (χ1n) is 7.08. The predicted molar refractivity (Wildman–Crippen MR) is 93.0 cm³/mol. The molecule has 24 heavy (non-hydrogen) atoms. The van der Waals surface area contributed by atoms with Crippen LogP contribution in [0.3, 0.4) is 0 Å². The number of thiazole rings is 2. The molecule has 4 aromatic rings. The van der Waals surface area contributed by atoms with Crippen molar-refractivity contribution in [3.63, 3.8) is 0 Å². The Balaban J connectivity index is 1.62. The van der Waals surface area contributed by atoms with Gasteiger partial charge in [0.2, 0.25) is 0 Å². The van der Waals surface area contributed by atoms with Crippen molar-refractivity contribution in [1.82, 2.24) is 14.4 Å².